The Morgan fingerprint density at radius 2 is 1.85 bits per heavy atom. The number of amides is 1. The van der Waals surface area contributed by atoms with Gasteiger partial charge in [-0.2, -0.15) is 13.2 Å². The van der Waals surface area contributed by atoms with Gasteiger partial charge in [-0.05, 0) is 25.0 Å². The maximum Gasteiger partial charge on any atom is 0.434 e. The lowest BCUT2D eigenvalue weighted by Gasteiger charge is -2.11. The van der Waals surface area contributed by atoms with Crippen molar-refractivity contribution in [3.8, 4) is 0 Å². The monoisotopic (exact) mass is 300 g/mol. The summed E-state index contributed by atoms with van der Waals surface area (Å²) in [6.45, 7) is 3.56. The van der Waals surface area contributed by atoms with E-state index in [0.29, 0.717) is 17.0 Å². The fourth-order valence-corrected chi connectivity index (χ4v) is 2.49. The first kappa shape index (κ1) is 14.5. The topological polar surface area (TPSA) is 42.0 Å². The zero-order valence-corrected chi connectivity index (χ0v) is 11.5. The van der Waals surface area contributed by atoms with E-state index in [1.54, 1.807) is 26.0 Å². The number of aromatic nitrogens is 1. The number of alkyl halides is 3. The Labute approximate surface area is 117 Å². The number of aryl methyl sites for hydroxylation is 2. The molecule has 0 saturated carbocycles. The van der Waals surface area contributed by atoms with Gasteiger partial charge in [0.1, 0.15) is 4.88 Å². The van der Waals surface area contributed by atoms with E-state index in [-0.39, 0.29) is 0 Å². The van der Waals surface area contributed by atoms with Crippen LogP contribution in [-0.4, -0.2) is 10.9 Å². The van der Waals surface area contributed by atoms with E-state index in [2.05, 4.69) is 10.3 Å². The molecule has 20 heavy (non-hydrogen) atoms. The predicted octanol–water partition coefficient (Wildman–Crippen LogP) is 4.03. The summed E-state index contributed by atoms with van der Waals surface area (Å²) in [5.74, 6) is -0.794. The van der Waals surface area contributed by atoms with Crippen LogP contribution in [-0.2, 0) is 6.18 Å². The fraction of sp³-hybridized carbons (Fsp3) is 0.231. The highest BCUT2D eigenvalue weighted by molar-refractivity contribution is 7.12. The average Bonchev–Trinajstić information content (AvgIpc) is 2.82. The first-order valence-corrected chi connectivity index (χ1v) is 6.57. The van der Waals surface area contributed by atoms with Gasteiger partial charge in [-0.1, -0.05) is 18.2 Å². The molecule has 0 saturated heterocycles. The minimum Gasteiger partial charge on any atom is -0.321 e. The SMILES string of the molecule is Cc1cccc(C)c1NC(=O)c1scnc1C(F)(F)F. The summed E-state index contributed by atoms with van der Waals surface area (Å²) in [6.07, 6.45) is -4.63. The molecule has 0 aliphatic heterocycles. The van der Waals surface area contributed by atoms with Crippen LogP contribution >= 0.6 is 11.3 Å². The van der Waals surface area contributed by atoms with Crippen molar-refractivity contribution in [3.05, 3.63) is 45.4 Å². The summed E-state index contributed by atoms with van der Waals surface area (Å²) in [7, 11) is 0. The maximum atomic E-state index is 12.7. The van der Waals surface area contributed by atoms with E-state index in [0.717, 1.165) is 16.6 Å². The predicted molar refractivity (Wildman–Crippen MR) is 71.0 cm³/mol. The molecule has 1 aromatic heterocycles. The average molecular weight is 300 g/mol. The Kier molecular flexibility index (Phi) is 3.80. The van der Waals surface area contributed by atoms with Crippen LogP contribution in [0.1, 0.15) is 26.5 Å². The molecular weight excluding hydrogens is 289 g/mol. The third-order valence-electron chi connectivity index (χ3n) is 2.76. The van der Waals surface area contributed by atoms with Gasteiger partial charge in [-0.15, -0.1) is 11.3 Å². The van der Waals surface area contributed by atoms with Crippen molar-refractivity contribution in [1.29, 1.82) is 0 Å². The van der Waals surface area contributed by atoms with Crippen molar-refractivity contribution in [1.82, 2.24) is 4.98 Å². The quantitative estimate of drug-likeness (QED) is 0.909. The first-order valence-electron chi connectivity index (χ1n) is 5.69. The summed E-state index contributed by atoms with van der Waals surface area (Å²) >= 11 is 0.672. The number of carbonyl (C=O) groups excluding carboxylic acids is 1. The number of benzene rings is 1. The van der Waals surface area contributed by atoms with Gasteiger partial charge in [0.05, 0.1) is 5.51 Å². The van der Waals surface area contributed by atoms with Crippen LogP contribution in [0.3, 0.4) is 0 Å². The molecule has 0 aliphatic carbocycles. The summed E-state index contributed by atoms with van der Waals surface area (Å²) in [4.78, 5) is 14.8. The number of hydrogen-bond acceptors (Lipinski definition) is 3. The molecule has 0 fully saturated rings. The van der Waals surface area contributed by atoms with Gasteiger partial charge in [-0.25, -0.2) is 4.98 Å². The Balaban J connectivity index is 2.32. The Morgan fingerprint density at radius 3 is 2.40 bits per heavy atom. The van der Waals surface area contributed by atoms with E-state index in [4.69, 9.17) is 0 Å². The lowest BCUT2D eigenvalue weighted by atomic mass is 10.1. The second-order valence-electron chi connectivity index (χ2n) is 4.25. The van der Waals surface area contributed by atoms with Gasteiger partial charge in [0.15, 0.2) is 5.69 Å². The number of halogens is 3. The number of thiazole rings is 1. The Morgan fingerprint density at radius 1 is 1.25 bits per heavy atom. The smallest absolute Gasteiger partial charge is 0.321 e. The zero-order valence-electron chi connectivity index (χ0n) is 10.7. The van der Waals surface area contributed by atoms with Crippen molar-refractivity contribution in [3.63, 3.8) is 0 Å². The summed E-state index contributed by atoms with van der Waals surface area (Å²) in [6, 6.07) is 5.37. The van der Waals surface area contributed by atoms with Crippen LogP contribution in [0.15, 0.2) is 23.7 Å². The molecule has 1 N–H and O–H groups in total. The van der Waals surface area contributed by atoms with Crippen molar-refractivity contribution in [2.24, 2.45) is 0 Å². The molecule has 0 bridgehead atoms. The summed E-state index contributed by atoms with van der Waals surface area (Å²) in [5, 5.41) is 2.52. The highest BCUT2D eigenvalue weighted by Crippen LogP contribution is 2.33. The summed E-state index contributed by atoms with van der Waals surface area (Å²) in [5.41, 5.74) is 1.97. The van der Waals surface area contributed by atoms with Gasteiger partial charge in [0, 0.05) is 5.69 Å². The first-order chi connectivity index (χ1) is 9.30. The maximum absolute atomic E-state index is 12.7. The molecule has 1 amide bonds. The second-order valence-corrected chi connectivity index (χ2v) is 5.10. The third-order valence-corrected chi connectivity index (χ3v) is 3.59. The Bertz CT molecular complexity index is 629. The van der Waals surface area contributed by atoms with E-state index >= 15 is 0 Å². The van der Waals surface area contributed by atoms with Crippen LogP contribution in [0.4, 0.5) is 18.9 Å². The number of nitrogens with zero attached hydrogens (tertiary/aromatic N) is 1. The molecule has 0 aliphatic rings. The molecule has 2 aromatic rings. The third kappa shape index (κ3) is 2.82. The van der Waals surface area contributed by atoms with Crippen molar-refractivity contribution in [2.45, 2.75) is 20.0 Å². The highest BCUT2D eigenvalue weighted by atomic mass is 32.1. The number of carbonyl (C=O) groups is 1. The fourth-order valence-electron chi connectivity index (χ4n) is 1.79. The van der Waals surface area contributed by atoms with Gasteiger partial charge < -0.3 is 5.32 Å². The lowest BCUT2D eigenvalue weighted by Crippen LogP contribution is -2.18. The van der Waals surface area contributed by atoms with Crippen LogP contribution in [0.25, 0.3) is 0 Å². The largest absolute Gasteiger partial charge is 0.434 e. The molecule has 7 heteroatoms. The number of anilines is 1. The highest BCUT2D eigenvalue weighted by Gasteiger charge is 2.38. The van der Waals surface area contributed by atoms with E-state index in [1.165, 1.54) is 0 Å². The number of rotatable bonds is 2. The van der Waals surface area contributed by atoms with E-state index in [1.807, 2.05) is 6.07 Å². The minimum absolute atomic E-state index is 0.430. The van der Waals surface area contributed by atoms with Crippen molar-refractivity contribution in [2.75, 3.05) is 5.32 Å². The van der Waals surface area contributed by atoms with E-state index in [9.17, 15) is 18.0 Å². The van der Waals surface area contributed by atoms with Crippen molar-refractivity contribution < 1.29 is 18.0 Å². The lowest BCUT2D eigenvalue weighted by molar-refractivity contribution is -0.141. The molecule has 0 radical (unpaired) electrons. The molecule has 1 heterocycles. The van der Waals surface area contributed by atoms with Crippen LogP contribution < -0.4 is 5.32 Å². The molecule has 0 unspecified atom stereocenters. The van der Waals surface area contributed by atoms with Gasteiger partial charge in [0.25, 0.3) is 5.91 Å². The number of para-hydroxylation sites is 1. The molecule has 1 aromatic carbocycles. The van der Waals surface area contributed by atoms with Crippen LogP contribution in [0.2, 0.25) is 0 Å². The summed E-state index contributed by atoms with van der Waals surface area (Å²) < 4.78 is 38.1. The van der Waals surface area contributed by atoms with E-state index < -0.39 is 22.7 Å². The molecule has 3 nitrogen and oxygen atoms in total. The van der Waals surface area contributed by atoms with Gasteiger partial charge >= 0.3 is 6.18 Å². The number of hydrogen-bond donors (Lipinski definition) is 1. The standard InChI is InChI=1S/C13H11F3N2OS/c1-7-4-3-5-8(2)9(7)18-12(19)10-11(13(14,15)16)17-6-20-10/h3-6H,1-2H3,(H,18,19). The van der Waals surface area contributed by atoms with Gasteiger partial charge in [0.2, 0.25) is 0 Å². The Hall–Kier alpha value is -1.89. The zero-order chi connectivity index (χ0) is 14.9. The normalized spacial score (nSPS) is 11.4. The van der Waals surface area contributed by atoms with Crippen molar-refractivity contribution >= 4 is 22.9 Å². The molecule has 2 rings (SSSR count). The molecule has 0 atom stereocenters. The molecule has 106 valence electrons. The van der Waals surface area contributed by atoms with Crippen LogP contribution in [0, 0.1) is 13.8 Å². The molecular formula is C13H11F3N2OS. The minimum atomic E-state index is -4.63. The molecule has 0 spiro atoms. The van der Waals surface area contributed by atoms with Crippen LogP contribution in [0.5, 0.6) is 0 Å². The number of nitrogens with one attached hydrogen (secondary N) is 1. The van der Waals surface area contributed by atoms with Gasteiger partial charge in [-0.3, -0.25) is 4.79 Å². The second kappa shape index (κ2) is 5.24.